The average Bonchev–Trinajstić information content (AvgIpc) is 2.06. The van der Waals surface area contributed by atoms with Crippen LogP contribution in [-0.4, -0.2) is 0 Å². The smallest absolute Gasteiger partial charge is 0.0314 e. The summed E-state index contributed by atoms with van der Waals surface area (Å²) in [6, 6.07) is 7.94. The molecule has 1 aromatic rings. The number of anilines is 1. The van der Waals surface area contributed by atoms with Gasteiger partial charge in [0.25, 0.3) is 0 Å². The van der Waals surface area contributed by atoms with E-state index in [0.717, 1.165) is 18.5 Å². The first kappa shape index (κ1) is 9.07. The highest BCUT2D eigenvalue weighted by atomic mass is 14.6. The minimum atomic E-state index is 0.163. The van der Waals surface area contributed by atoms with E-state index in [-0.39, 0.29) is 6.04 Å². The molecule has 0 aliphatic carbocycles. The van der Waals surface area contributed by atoms with E-state index in [1.165, 1.54) is 5.56 Å². The molecule has 0 fully saturated rings. The van der Waals surface area contributed by atoms with Crippen molar-refractivity contribution in [2.75, 3.05) is 5.73 Å². The first-order valence-electron chi connectivity index (χ1n) is 4.35. The summed E-state index contributed by atoms with van der Waals surface area (Å²) in [5.41, 5.74) is 13.4. The molecular formula is C10H16N2. The van der Waals surface area contributed by atoms with Gasteiger partial charge in [-0.2, -0.15) is 0 Å². The van der Waals surface area contributed by atoms with Crippen molar-refractivity contribution in [1.82, 2.24) is 0 Å². The minimum Gasteiger partial charge on any atom is -0.399 e. The van der Waals surface area contributed by atoms with Gasteiger partial charge in [0, 0.05) is 11.7 Å². The van der Waals surface area contributed by atoms with E-state index < -0.39 is 0 Å². The third kappa shape index (κ3) is 2.24. The number of rotatable bonds is 3. The van der Waals surface area contributed by atoms with Crippen molar-refractivity contribution < 1.29 is 0 Å². The Morgan fingerprint density at radius 1 is 1.25 bits per heavy atom. The fraction of sp³-hybridized carbons (Fsp3) is 0.400. The van der Waals surface area contributed by atoms with E-state index in [1.54, 1.807) is 0 Å². The van der Waals surface area contributed by atoms with Crippen molar-refractivity contribution >= 4 is 5.69 Å². The van der Waals surface area contributed by atoms with Crippen molar-refractivity contribution in [1.29, 1.82) is 0 Å². The lowest BCUT2D eigenvalue weighted by molar-refractivity contribution is 0.638. The summed E-state index contributed by atoms with van der Waals surface area (Å²) in [6.45, 7) is 2.14. The highest BCUT2D eigenvalue weighted by Crippen LogP contribution is 2.16. The molecule has 1 aromatic carbocycles. The highest BCUT2D eigenvalue weighted by Gasteiger charge is 2.02. The summed E-state index contributed by atoms with van der Waals surface area (Å²) in [5.74, 6) is 0. The molecular weight excluding hydrogens is 148 g/mol. The minimum absolute atomic E-state index is 0.163. The molecule has 2 heteroatoms. The van der Waals surface area contributed by atoms with Crippen molar-refractivity contribution in [2.24, 2.45) is 5.73 Å². The predicted octanol–water partition coefficient (Wildman–Crippen LogP) is 2.07. The highest BCUT2D eigenvalue weighted by molar-refractivity contribution is 5.39. The summed E-state index contributed by atoms with van der Waals surface area (Å²) >= 11 is 0. The van der Waals surface area contributed by atoms with Crippen molar-refractivity contribution in [2.45, 2.75) is 25.8 Å². The maximum absolute atomic E-state index is 5.91. The molecule has 0 aliphatic rings. The van der Waals surface area contributed by atoms with Gasteiger partial charge in [0.05, 0.1) is 0 Å². The third-order valence-electron chi connectivity index (χ3n) is 1.96. The molecule has 2 nitrogen and oxygen atoms in total. The Hall–Kier alpha value is -1.02. The lowest BCUT2D eigenvalue weighted by Crippen LogP contribution is -2.09. The van der Waals surface area contributed by atoms with E-state index in [9.17, 15) is 0 Å². The molecule has 0 heterocycles. The molecule has 0 unspecified atom stereocenters. The van der Waals surface area contributed by atoms with E-state index in [1.807, 2.05) is 24.3 Å². The van der Waals surface area contributed by atoms with Crippen LogP contribution in [0, 0.1) is 0 Å². The number of nitrogen functional groups attached to an aromatic ring is 1. The van der Waals surface area contributed by atoms with Gasteiger partial charge in [-0.25, -0.2) is 0 Å². The SMILES string of the molecule is CCC[C@H](N)c1ccc(N)cc1. The molecule has 0 radical (unpaired) electrons. The number of nitrogens with two attached hydrogens (primary N) is 2. The molecule has 12 heavy (non-hydrogen) atoms. The summed E-state index contributed by atoms with van der Waals surface area (Å²) in [6.07, 6.45) is 2.15. The van der Waals surface area contributed by atoms with Crippen LogP contribution in [0.25, 0.3) is 0 Å². The van der Waals surface area contributed by atoms with E-state index in [0.29, 0.717) is 0 Å². The van der Waals surface area contributed by atoms with Gasteiger partial charge >= 0.3 is 0 Å². The van der Waals surface area contributed by atoms with E-state index >= 15 is 0 Å². The monoisotopic (exact) mass is 164 g/mol. The summed E-state index contributed by atoms with van der Waals surface area (Å²) in [4.78, 5) is 0. The van der Waals surface area contributed by atoms with Gasteiger partial charge < -0.3 is 11.5 Å². The van der Waals surface area contributed by atoms with Crippen molar-refractivity contribution in [3.05, 3.63) is 29.8 Å². The molecule has 0 spiro atoms. The number of benzene rings is 1. The Bertz CT molecular complexity index is 228. The molecule has 0 aliphatic heterocycles. The average molecular weight is 164 g/mol. The van der Waals surface area contributed by atoms with Gasteiger partial charge in [0.1, 0.15) is 0 Å². The van der Waals surface area contributed by atoms with Gasteiger partial charge in [-0.3, -0.25) is 0 Å². The van der Waals surface area contributed by atoms with Crippen LogP contribution in [0.2, 0.25) is 0 Å². The Balaban J connectivity index is 2.68. The fourth-order valence-electron chi connectivity index (χ4n) is 1.22. The first-order valence-corrected chi connectivity index (χ1v) is 4.35. The Kier molecular flexibility index (Phi) is 3.11. The fourth-order valence-corrected chi connectivity index (χ4v) is 1.22. The van der Waals surface area contributed by atoms with E-state index in [4.69, 9.17) is 11.5 Å². The van der Waals surface area contributed by atoms with Crippen LogP contribution in [-0.2, 0) is 0 Å². The van der Waals surface area contributed by atoms with Gasteiger partial charge in [0.15, 0.2) is 0 Å². The Morgan fingerprint density at radius 3 is 2.33 bits per heavy atom. The number of hydrogen-bond donors (Lipinski definition) is 2. The lowest BCUT2D eigenvalue weighted by atomic mass is 10.0. The van der Waals surface area contributed by atoms with Gasteiger partial charge in [-0.1, -0.05) is 25.5 Å². The zero-order valence-corrected chi connectivity index (χ0v) is 7.46. The lowest BCUT2D eigenvalue weighted by Gasteiger charge is -2.10. The van der Waals surface area contributed by atoms with Crippen molar-refractivity contribution in [3.8, 4) is 0 Å². The standard InChI is InChI=1S/C10H16N2/c1-2-3-10(12)8-4-6-9(11)7-5-8/h4-7,10H,2-3,11-12H2,1H3/t10-/m0/s1. The Labute approximate surface area is 73.6 Å². The molecule has 1 atom stereocenters. The van der Waals surface area contributed by atoms with Crippen LogP contribution in [0.4, 0.5) is 5.69 Å². The van der Waals surface area contributed by atoms with Crippen LogP contribution in [0.1, 0.15) is 31.4 Å². The van der Waals surface area contributed by atoms with Gasteiger partial charge in [-0.15, -0.1) is 0 Å². The van der Waals surface area contributed by atoms with Gasteiger partial charge in [-0.05, 0) is 24.1 Å². The second kappa shape index (κ2) is 4.12. The molecule has 0 saturated heterocycles. The molecule has 1 rings (SSSR count). The van der Waals surface area contributed by atoms with E-state index in [2.05, 4.69) is 6.92 Å². The quantitative estimate of drug-likeness (QED) is 0.672. The zero-order valence-electron chi connectivity index (χ0n) is 7.46. The van der Waals surface area contributed by atoms with Crippen LogP contribution in [0.15, 0.2) is 24.3 Å². The molecule has 0 saturated carbocycles. The van der Waals surface area contributed by atoms with Crippen LogP contribution >= 0.6 is 0 Å². The third-order valence-corrected chi connectivity index (χ3v) is 1.96. The summed E-state index contributed by atoms with van der Waals surface area (Å²) < 4.78 is 0. The molecule has 0 amide bonds. The molecule has 66 valence electrons. The first-order chi connectivity index (χ1) is 5.74. The molecule has 0 aromatic heterocycles. The largest absolute Gasteiger partial charge is 0.399 e. The maximum atomic E-state index is 5.91. The number of hydrogen-bond acceptors (Lipinski definition) is 2. The van der Waals surface area contributed by atoms with Gasteiger partial charge in [0.2, 0.25) is 0 Å². The molecule has 4 N–H and O–H groups in total. The molecule has 0 bridgehead atoms. The van der Waals surface area contributed by atoms with Crippen LogP contribution in [0.5, 0.6) is 0 Å². The summed E-state index contributed by atoms with van der Waals surface area (Å²) in [7, 11) is 0. The van der Waals surface area contributed by atoms with Crippen LogP contribution < -0.4 is 11.5 Å². The maximum Gasteiger partial charge on any atom is 0.0314 e. The zero-order chi connectivity index (χ0) is 8.97. The predicted molar refractivity (Wildman–Crippen MR) is 52.7 cm³/mol. The second-order valence-electron chi connectivity index (χ2n) is 3.06. The van der Waals surface area contributed by atoms with Crippen molar-refractivity contribution in [3.63, 3.8) is 0 Å². The normalized spacial score (nSPS) is 12.8. The second-order valence-corrected chi connectivity index (χ2v) is 3.06. The topological polar surface area (TPSA) is 52.0 Å². The Morgan fingerprint density at radius 2 is 1.83 bits per heavy atom. The van der Waals surface area contributed by atoms with Crippen LogP contribution in [0.3, 0.4) is 0 Å². The summed E-state index contributed by atoms with van der Waals surface area (Å²) in [5, 5.41) is 0.